The number of nitrogens with zero attached hydrogens (tertiary/aromatic N) is 2. The highest BCUT2D eigenvalue weighted by atomic mass is 32.2. The van der Waals surface area contributed by atoms with E-state index in [0.717, 1.165) is 12.8 Å². The van der Waals surface area contributed by atoms with Crippen LogP contribution < -0.4 is 10.6 Å². The minimum absolute atomic E-state index is 0.145. The van der Waals surface area contributed by atoms with Gasteiger partial charge in [-0.05, 0) is 12.8 Å². The van der Waals surface area contributed by atoms with Gasteiger partial charge in [-0.1, -0.05) is 0 Å². The van der Waals surface area contributed by atoms with Crippen LogP contribution >= 0.6 is 11.3 Å². The molecule has 1 aromatic heterocycles. The van der Waals surface area contributed by atoms with Crippen LogP contribution in [0.2, 0.25) is 0 Å². The van der Waals surface area contributed by atoms with Crippen molar-refractivity contribution in [1.29, 1.82) is 0 Å². The molecule has 2 heterocycles. The SMILES string of the molecule is CNC(=O)Cc1csc(NC(=O)C2CN(S(=O)(=O)C3CC3)C2)n1. The highest BCUT2D eigenvalue weighted by Gasteiger charge is 2.46. The number of amides is 2. The van der Waals surface area contributed by atoms with E-state index in [1.807, 2.05) is 0 Å². The van der Waals surface area contributed by atoms with Crippen LogP contribution in [-0.4, -0.2) is 54.9 Å². The van der Waals surface area contributed by atoms with E-state index in [2.05, 4.69) is 15.6 Å². The van der Waals surface area contributed by atoms with Crippen molar-refractivity contribution in [3.8, 4) is 0 Å². The number of carbonyl (C=O) groups excluding carboxylic acids is 2. The summed E-state index contributed by atoms with van der Waals surface area (Å²) in [6, 6.07) is 0. The molecule has 126 valence electrons. The lowest BCUT2D eigenvalue weighted by molar-refractivity contribution is -0.123. The van der Waals surface area contributed by atoms with E-state index in [0.29, 0.717) is 10.8 Å². The minimum atomic E-state index is -3.18. The maximum atomic E-state index is 12.1. The van der Waals surface area contributed by atoms with Crippen molar-refractivity contribution in [2.75, 3.05) is 25.5 Å². The van der Waals surface area contributed by atoms with Gasteiger partial charge in [-0.15, -0.1) is 11.3 Å². The topological polar surface area (TPSA) is 108 Å². The van der Waals surface area contributed by atoms with Crippen LogP contribution in [0.5, 0.6) is 0 Å². The molecule has 0 spiro atoms. The molecule has 0 aromatic carbocycles. The van der Waals surface area contributed by atoms with Crippen molar-refractivity contribution in [2.24, 2.45) is 5.92 Å². The quantitative estimate of drug-likeness (QED) is 0.732. The van der Waals surface area contributed by atoms with Gasteiger partial charge in [0.05, 0.1) is 23.3 Å². The normalized spacial score (nSPS) is 19.2. The van der Waals surface area contributed by atoms with Crippen LogP contribution in [0.15, 0.2) is 5.38 Å². The second-order valence-corrected chi connectivity index (χ2v) is 8.81. The number of hydrogen-bond acceptors (Lipinski definition) is 6. The Kier molecular flexibility index (Phi) is 4.39. The molecule has 0 atom stereocenters. The Morgan fingerprint density at radius 3 is 2.70 bits per heavy atom. The van der Waals surface area contributed by atoms with Gasteiger partial charge in [0.15, 0.2) is 5.13 Å². The Morgan fingerprint density at radius 2 is 2.09 bits per heavy atom. The maximum absolute atomic E-state index is 12.1. The molecular formula is C13H18N4O4S2. The summed E-state index contributed by atoms with van der Waals surface area (Å²) in [5, 5.41) is 7.10. The number of likely N-dealkylation sites (N-methyl/N-ethyl adjacent to an activating group) is 1. The van der Waals surface area contributed by atoms with Crippen molar-refractivity contribution < 1.29 is 18.0 Å². The lowest BCUT2D eigenvalue weighted by Crippen LogP contribution is -2.55. The lowest BCUT2D eigenvalue weighted by atomic mass is 10.0. The van der Waals surface area contributed by atoms with Gasteiger partial charge >= 0.3 is 0 Å². The number of nitrogens with one attached hydrogen (secondary N) is 2. The van der Waals surface area contributed by atoms with Gasteiger partial charge < -0.3 is 10.6 Å². The number of anilines is 1. The summed E-state index contributed by atoms with van der Waals surface area (Å²) in [6.45, 7) is 0.474. The van der Waals surface area contributed by atoms with Gasteiger partial charge in [-0.25, -0.2) is 13.4 Å². The average Bonchev–Trinajstić information content (AvgIpc) is 3.21. The number of sulfonamides is 1. The fourth-order valence-corrected chi connectivity index (χ4v) is 4.94. The zero-order valence-electron chi connectivity index (χ0n) is 12.6. The van der Waals surface area contributed by atoms with Crippen molar-refractivity contribution in [2.45, 2.75) is 24.5 Å². The van der Waals surface area contributed by atoms with Gasteiger partial charge in [-0.3, -0.25) is 9.59 Å². The number of carbonyl (C=O) groups is 2. The van der Waals surface area contributed by atoms with Crippen LogP contribution in [0, 0.1) is 5.92 Å². The molecular weight excluding hydrogens is 340 g/mol. The van der Waals surface area contributed by atoms with Crippen molar-refractivity contribution in [3.05, 3.63) is 11.1 Å². The molecule has 0 radical (unpaired) electrons. The number of hydrogen-bond donors (Lipinski definition) is 2. The summed E-state index contributed by atoms with van der Waals surface area (Å²) in [6.07, 6.45) is 1.62. The molecule has 1 aliphatic carbocycles. The first-order valence-electron chi connectivity index (χ1n) is 7.35. The van der Waals surface area contributed by atoms with Crippen molar-refractivity contribution >= 4 is 38.3 Å². The highest BCUT2D eigenvalue weighted by Crippen LogP contribution is 2.34. The zero-order valence-corrected chi connectivity index (χ0v) is 14.2. The maximum Gasteiger partial charge on any atom is 0.231 e. The monoisotopic (exact) mass is 358 g/mol. The zero-order chi connectivity index (χ0) is 16.6. The fourth-order valence-electron chi connectivity index (χ4n) is 2.29. The third-order valence-corrected chi connectivity index (χ3v) is 7.07. The van der Waals surface area contributed by atoms with Gasteiger partial charge in [0, 0.05) is 25.5 Å². The summed E-state index contributed by atoms with van der Waals surface area (Å²) >= 11 is 1.25. The molecule has 2 amide bonds. The van der Waals surface area contributed by atoms with Gasteiger partial charge in [0.1, 0.15) is 0 Å². The van der Waals surface area contributed by atoms with Crippen molar-refractivity contribution in [1.82, 2.24) is 14.6 Å². The molecule has 1 saturated carbocycles. The summed E-state index contributed by atoms with van der Waals surface area (Å²) < 4.78 is 25.3. The first-order valence-corrected chi connectivity index (χ1v) is 9.73. The van der Waals surface area contributed by atoms with Gasteiger partial charge in [0.25, 0.3) is 0 Å². The third-order valence-electron chi connectivity index (χ3n) is 3.93. The number of rotatable bonds is 6. The van der Waals surface area contributed by atoms with E-state index in [1.165, 1.54) is 15.6 Å². The first-order chi connectivity index (χ1) is 10.9. The standard InChI is InChI=1S/C13H18N4O4S2/c1-14-11(18)4-9-7-22-13(15-9)16-12(19)8-5-17(6-8)23(20,21)10-2-3-10/h7-8,10H,2-6H2,1H3,(H,14,18)(H,15,16,19). The van der Waals surface area contributed by atoms with E-state index in [9.17, 15) is 18.0 Å². The minimum Gasteiger partial charge on any atom is -0.359 e. The average molecular weight is 358 g/mol. The highest BCUT2D eigenvalue weighted by molar-refractivity contribution is 7.90. The fraction of sp³-hybridized carbons (Fsp3) is 0.615. The Bertz CT molecular complexity index is 720. The second kappa shape index (κ2) is 6.17. The molecule has 2 N–H and O–H groups in total. The predicted molar refractivity (Wildman–Crippen MR) is 85.5 cm³/mol. The first kappa shape index (κ1) is 16.3. The summed E-state index contributed by atoms with van der Waals surface area (Å²) in [5.41, 5.74) is 0.594. The second-order valence-electron chi connectivity index (χ2n) is 5.74. The van der Waals surface area contributed by atoms with E-state index in [-0.39, 0.29) is 42.5 Å². The third kappa shape index (κ3) is 3.54. The lowest BCUT2D eigenvalue weighted by Gasteiger charge is -2.36. The van der Waals surface area contributed by atoms with Crippen LogP contribution in [0.4, 0.5) is 5.13 Å². The molecule has 2 fully saturated rings. The Labute approximate surface area is 138 Å². The van der Waals surface area contributed by atoms with E-state index in [4.69, 9.17) is 0 Å². The van der Waals surface area contributed by atoms with Gasteiger partial charge in [0.2, 0.25) is 21.8 Å². The molecule has 1 aliphatic heterocycles. The van der Waals surface area contributed by atoms with Crippen molar-refractivity contribution in [3.63, 3.8) is 0 Å². The van der Waals surface area contributed by atoms with Crippen LogP contribution in [0.3, 0.4) is 0 Å². The van der Waals surface area contributed by atoms with Crippen LogP contribution in [0.1, 0.15) is 18.5 Å². The molecule has 23 heavy (non-hydrogen) atoms. The number of aromatic nitrogens is 1. The van der Waals surface area contributed by atoms with Crippen LogP contribution in [-0.2, 0) is 26.0 Å². The molecule has 3 rings (SSSR count). The molecule has 8 nitrogen and oxygen atoms in total. The Morgan fingerprint density at radius 1 is 1.39 bits per heavy atom. The molecule has 0 bridgehead atoms. The van der Waals surface area contributed by atoms with E-state index >= 15 is 0 Å². The molecule has 0 unspecified atom stereocenters. The summed E-state index contributed by atoms with van der Waals surface area (Å²) in [4.78, 5) is 27.5. The number of thiazole rings is 1. The molecule has 2 aliphatic rings. The van der Waals surface area contributed by atoms with E-state index in [1.54, 1.807) is 12.4 Å². The van der Waals surface area contributed by atoms with Crippen LogP contribution in [0.25, 0.3) is 0 Å². The smallest absolute Gasteiger partial charge is 0.231 e. The molecule has 1 aromatic rings. The van der Waals surface area contributed by atoms with Gasteiger partial charge in [-0.2, -0.15) is 4.31 Å². The summed E-state index contributed by atoms with van der Waals surface area (Å²) in [7, 11) is -1.63. The largest absolute Gasteiger partial charge is 0.359 e. The predicted octanol–water partition coefficient (Wildman–Crippen LogP) is -0.206. The Balaban J connectivity index is 1.50. The molecule has 1 saturated heterocycles. The van der Waals surface area contributed by atoms with E-state index < -0.39 is 10.0 Å². The molecule has 10 heteroatoms. The Hall–Kier alpha value is -1.52. The summed E-state index contributed by atoms with van der Waals surface area (Å²) in [5.74, 6) is -0.712.